The molecule has 0 bridgehead atoms. The Morgan fingerprint density at radius 3 is 2.53 bits per heavy atom. The Hall–Kier alpha value is -1.43. The molecular formula is C14H18O5. The lowest BCUT2D eigenvalue weighted by atomic mass is 10.2. The van der Waals surface area contributed by atoms with Crippen LogP contribution in [0, 0.1) is 0 Å². The van der Waals surface area contributed by atoms with E-state index in [0.29, 0.717) is 5.56 Å². The SMILES string of the molecule is CC1(C)OC(CO)C(COC(=O)c2ccccc2)O1. The number of hydrogen-bond donors (Lipinski definition) is 1. The molecule has 0 radical (unpaired) electrons. The highest BCUT2D eigenvalue weighted by Gasteiger charge is 2.41. The molecule has 1 aliphatic rings. The molecule has 1 aromatic carbocycles. The van der Waals surface area contributed by atoms with Crippen molar-refractivity contribution in [2.24, 2.45) is 0 Å². The van der Waals surface area contributed by atoms with Gasteiger partial charge in [0, 0.05) is 0 Å². The summed E-state index contributed by atoms with van der Waals surface area (Å²) < 4.78 is 16.2. The number of aliphatic hydroxyl groups excluding tert-OH is 1. The van der Waals surface area contributed by atoms with Crippen LogP contribution in [0.25, 0.3) is 0 Å². The second-order valence-corrected chi connectivity index (χ2v) is 4.86. The molecule has 1 fully saturated rings. The summed E-state index contributed by atoms with van der Waals surface area (Å²) in [5.74, 6) is -1.18. The van der Waals surface area contributed by atoms with E-state index in [0.717, 1.165) is 0 Å². The van der Waals surface area contributed by atoms with Gasteiger partial charge in [0.25, 0.3) is 0 Å². The van der Waals surface area contributed by atoms with Gasteiger partial charge in [-0.05, 0) is 26.0 Å². The zero-order valence-corrected chi connectivity index (χ0v) is 11.0. The number of esters is 1. The summed E-state index contributed by atoms with van der Waals surface area (Å²) in [6.07, 6.45) is -0.925. The third kappa shape index (κ3) is 3.53. The standard InChI is InChI=1S/C14H18O5/c1-14(2)18-11(8-15)12(19-14)9-17-13(16)10-6-4-3-5-7-10/h3-7,11-12,15H,8-9H2,1-2H3. The molecular weight excluding hydrogens is 248 g/mol. The van der Waals surface area contributed by atoms with Crippen LogP contribution in [0.2, 0.25) is 0 Å². The lowest BCUT2D eigenvalue weighted by molar-refractivity contribution is -0.151. The van der Waals surface area contributed by atoms with Crippen LogP contribution in [0.3, 0.4) is 0 Å². The highest BCUT2D eigenvalue weighted by atomic mass is 16.8. The Kier molecular flexibility index (Phi) is 4.19. The van der Waals surface area contributed by atoms with E-state index in [1.54, 1.807) is 38.1 Å². The van der Waals surface area contributed by atoms with Gasteiger partial charge in [-0.3, -0.25) is 0 Å². The Morgan fingerprint density at radius 2 is 1.89 bits per heavy atom. The molecule has 0 spiro atoms. The predicted octanol–water partition coefficient (Wildman–Crippen LogP) is 1.36. The van der Waals surface area contributed by atoms with Crippen LogP contribution in [-0.4, -0.2) is 42.3 Å². The minimum atomic E-state index is -0.767. The maximum atomic E-state index is 11.8. The summed E-state index contributed by atoms with van der Waals surface area (Å²) in [6.45, 7) is 3.41. The smallest absolute Gasteiger partial charge is 0.338 e. The van der Waals surface area contributed by atoms with Crippen LogP contribution in [0.4, 0.5) is 0 Å². The fourth-order valence-electron chi connectivity index (χ4n) is 2.02. The van der Waals surface area contributed by atoms with Crippen molar-refractivity contribution in [2.75, 3.05) is 13.2 Å². The predicted molar refractivity (Wildman–Crippen MR) is 67.6 cm³/mol. The van der Waals surface area contributed by atoms with Crippen molar-refractivity contribution in [3.63, 3.8) is 0 Å². The summed E-state index contributed by atoms with van der Waals surface area (Å²) in [4.78, 5) is 11.8. The van der Waals surface area contributed by atoms with Crippen molar-refractivity contribution in [3.8, 4) is 0 Å². The number of carbonyl (C=O) groups excluding carboxylic acids is 1. The van der Waals surface area contributed by atoms with Crippen LogP contribution in [0.15, 0.2) is 30.3 Å². The molecule has 0 amide bonds. The first-order valence-corrected chi connectivity index (χ1v) is 6.20. The minimum Gasteiger partial charge on any atom is -0.459 e. The Morgan fingerprint density at radius 1 is 1.26 bits per heavy atom. The molecule has 1 N–H and O–H groups in total. The normalized spacial score (nSPS) is 25.2. The zero-order valence-electron chi connectivity index (χ0n) is 11.0. The van der Waals surface area contributed by atoms with E-state index in [-0.39, 0.29) is 13.2 Å². The average molecular weight is 266 g/mol. The highest BCUT2D eigenvalue weighted by Crippen LogP contribution is 2.28. The largest absolute Gasteiger partial charge is 0.459 e. The Balaban J connectivity index is 1.90. The quantitative estimate of drug-likeness (QED) is 0.833. The molecule has 1 heterocycles. The second kappa shape index (κ2) is 5.69. The molecule has 2 atom stereocenters. The summed E-state index contributed by atoms with van der Waals surface area (Å²) >= 11 is 0. The molecule has 1 saturated heterocycles. The first-order chi connectivity index (χ1) is 9.02. The van der Waals surface area contributed by atoms with Crippen molar-refractivity contribution in [3.05, 3.63) is 35.9 Å². The first-order valence-electron chi connectivity index (χ1n) is 6.20. The van der Waals surface area contributed by atoms with E-state index < -0.39 is 24.0 Å². The summed E-state index contributed by atoms with van der Waals surface area (Å²) in [6, 6.07) is 8.73. The molecule has 2 rings (SSSR count). The molecule has 0 aromatic heterocycles. The zero-order chi connectivity index (χ0) is 13.9. The van der Waals surface area contributed by atoms with E-state index in [4.69, 9.17) is 14.2 Å². The van der Waals surface area contributed by atoms with Crippen molar-refractivity contribution >= 4 is 5.97 Å². The number of hydrogen-bond acceptors (Lipinski definition) is 5. The third-order valence-electron chi connectivity index (χ3n) is 2.85. The number of aliphatic hydroxyl groups is 1. The van der Waals surface area contributed by atoms with Gasteiger partial charge in [0.15, 0.2) is 5.79 Å². The minimum absolute atomic E-state index is 0.0579. The van der Waals surface area contributed by atoms with Crippen molar-refractivity contribution in [1.82, 2.24) is 0 Å². The number of ether oxygens (including phenoxy) is 3. The summed E-state index contributed by atoms with van der Waals surface area (Å²) in [7, 11) is 0. The van der Waals surface area contributed by atoms with Gasteiger partial charge in [-0.25, -0.2) is 4.79 Å². The average Bonchev–Trinajstić information content (AvgIpc) is 2.71. The fraction of sp³-hybridized carbons (Fsp3) is 0.500. The Bertz CT molecular complexity index is 429. The summed E-state index contributed by atoms with van der Waals surface area (Å²) in [5, 5.41) is 9.21. The maximum absolute atomic E-state index is 11.8. The third-order valence-corrected chi connectivity index (χ3v) is 2.85. The van der Waals surface area contributed by atoms with Crippen LogP contribution in [0.1, 0.15) is 24.2 Å². The van der Waals surface area contributed by atoms with Crippen molar-refractivity contribution in [1.29, 1.82) is 0 Å². The topological polar surface area (TPSA) is 65.0 Å². The number of carbonyl (C=O) groups is 1. The second-order valence-electron chi connectivity index (χ2n) is 4.86. The lowest BCUT2D eigenvalue weighted by Gasteiger charge is -2.16. The van der Waals surface area contributed by atoms with E-state index in [1.165, 1.54) is 0 Å². The molecule has 5 nitrogen and oxygen atoms in total. The van der Waals surface area contributed by atoms with Gasteiger partial charge in [0.2, 0.25) is 0 Å². The van der Waals surface area contributed by atoms with Gasteiger partial charge in [-0.2, -0.15) is 0 Å². The van der Waals surface area contributed by atoms with E-state index >= 15 is 0 Å². The van der Waals surface area contributed by atoms with Crippen LogP contribution < -0.4 is 0 Å². The van der Waals surface area contributed by atoms with Gasteiger partial charge in [0.1, 0.15) is 18.8 Å². The van der Waals surface area contributed by atoms with Crippen LogP contribution in [-0.2, 0) is 14.2 Å². The van der Waals surface area contributed by atoms with E-state index in [1.807, 2.05) is 6.07 Å². The van der Waals surface area contributed by atoms with E-state index in [2.05, 4.69) is 0 Å². The lowest BCUT2D eigenvalue weighted by Crippen LogP contribution is -2.31. The van der Waals surface area contributed by atoms with Gasteiger partial charge >= 0.3 is 5.97 Å². The van der Waals surface area contributed by atoms with Crippen molar-refractivity contribution < 1.29 is 24.1 Å². The van der Waals surface area contributed by atoms with Gasteiger partial charge in [-0.1, -0.05) is 18.2 Å². The fourth-order valence-corrected chi connectivity index (χ4v) is 2.02. The monoisotopic (exact) mass is 266 g/mol. The molecule has 104 valence electrons. The Labute approximate surface area is 112 Å². The first kappa shape index (κ1) is 14.0. The molecule has 0 aliphatic carbocycles. The van der Waals surface area contributed by atoms with Gasteiger partial charge in [0.05, 0.1) is 12.2 Å². The van der Waals surface area contributed by atoms with Gasteiger partial charge in [-0.15, -0.1) is 0 Å². The van der Waals surface area contributed by atoms with Crippen LogP contribution >= 0.6 is 0 Å². The molecule has 2 unspecified atom stereocenters. The van der Waals surface area contributed by atoms with Crippen molar-refractivity contribution in [2.45, 2.75) is 31.8 Å². The molecule has 1 aromatic rings. The van der Waals surface area contributed by atoms with Crippen LogP contribution in [0.5, 0.6) is 0 Å². The molecule has 0 saturated carbocycles. The molecule has 19 heavy (non-hydrogen) atoms. The highest BCUT2D eigenvalue weighted by molar-refractivity contribution is 5.89. The number of rotatable bonds is 4. The molecule has 1 aliphatic heterocycles. The van der Waals surface area contributed by atoms with E-state index in [9.17, 15) is 9.90 Å². The maximum Gasteiger partial charge on any atom is 0.338 e. The summed E-state index contributed by atoms with van der Waals surface area (Å²) in [5.41, 5.74) is 0.487. The number of benzene rings is 1. The molecule has 5 heteroatoms. The van der Waals surface area contributed by atoms with Gasteiger partial charge < -0.3 is 19.3 Å².